The Labute approximate surface area is 169 Å². The fourth-order valence-corrected chi connectivity index (χ4v) is 3.92. The van der Waals surface area contributed by atoms with Gasteiger partial charge >= 0.3 is 6.03 Å². The summed E-state index contributed by atoms with van der Waals surface area (Å²) >= 11 is 0. The predicted molar refractivity (Wildman–Crippen MR) is 114 cm³/mol. The van der Waals surface area contributed by atoms with Crippen LogP contribution in [-0.2, 0) is 13.0 Å². The van der Waals surface area contributed by atoms with Gasteiger partial charge in [0.25, 0.3) is 0 Å². The number of aryl methyl sites for hydroxylation is 2. The van der Waals surface area contributed by atoms with Crippen LogP contribution >= 0.6 is 0 Å². The molecule has 1 unspecified atom stereocenters. The van der Waals surface area contributed by atoms with Crippen molar-refractivity contribution in [2.45, 2.75) is 52.1 Å². The first-order chi connectivity index (χ1) is 13.6. The van der Waals surface area contributed by atoms with Gasteiger partial charge in [0, 0.05) is 19.6 Å². The van der Waals surface area contributed by atoms with Crippen LogP contribution in [0.25, 0.3) is 0 Å². The molecule has 1 fully saturated rings. The summed E-state index contributed by atoms with van der Waals surface area (Å²) in [5.74, 6) is 0.894. The molecule has 2 aromatic rings. The second-order valence-electron chi connectivity index (χ2n) is 7.74. The predicted octanol–water partition coefficient (Wildman–Crippen LogP) is 5.04. The summed E-state index contributed by atoms with van der Waals surface area (Å²) in [6, 6.07) is 17.3. The Balaban J connectivity index is 1.57. The number of urea groups is 1. The Morgan fingerprint density at radius 2 is 1.71 bits per heavy atom. The minimum atomic E-state index is 0.192. The second-order valence-corrected chi connectivity index (χ2v) is 7.74. The molecule has 0 aliphatic carbocycles. The van der Waals surface area contributed by atoms with Crippen LogP contribution in [0.15, 0.2) is 48.5 Å². The Bertz CT molecular complexity index is 755. The van der Waals surface area contributed by atoms with E-state index in [1.54, 1.807) is 7.11 Å². The lowest BCUT2D eigenvalue weighted by Crippen LogP contribution is -2.35. The lowest BCUT2D eigenvalue weighted by molar-refractivity contribution is 0.183. The molecule has 1 aliphatic rings. The van der Waals surface area contributed by atoms with Gasteiger partial charge in [0.05, 0.1) is 13.2 Å². The maximum atomic E-state index is 12.9. The number of methoxy groups -OCH3 is 1. The molecule has 0 spiro atoms. The topological polar surface area (TPSA) is 32.8 Å². The number of carbonyl (C=O) groups is 1. The smallest absolute Gasteiger partial charge is 0.320 e. The van der Waals surface area contributed by atoms with E-state index in [0.29, 0.717) is 12.6 Å². The SMILES string of the molecule is CCCN1C(=O)N(Cc2ccc(C)cc2)CC1CCCc1ccc(OC)cc1. The molecule has 1 heterocycles. The molecular formula is C24H32N2O2. The van der Waals surface area contributed by atoms with Gasteiger partial charge in [-0.3, -0.25) is 0 Å². The Kier molecular flexibility index (Phi) is 6.96. The summed E-state index contributed by atoms with van der Waals surface area (Å²) in [7, 11) is 1.69. The first-order valence-corrected chi connectivity index (χ1v) is 10.3. The molecule has 0 saturated carbocycles. The van der Waals surface area contributed by atoms with E-state index < -0.39 is 0 Å². The molecule has 150 valence electrons. The molecule has 0 N–H and O–H groups in total. The van der Waals surface area contributed by atoms with Crippen molar-refractivity contribution in [2.24, 2.45) is 0 Å². The van der Waals surface area contributed by atoms with Gasteiger partial charge < -0.3 is 14.5 Å². The number of hydrogen-bond acceptors (Lipinski definition) is 2. The molecule has 1 saturated heterocycles. The number of amides is 2. The van der Waals surface area contributed by atoms with Crippen LogP contribution in [0.4, 0.5) is 4.79 Å². The van der Waals surface area contributed by atoms with Crippen LogP contribution in [0.3, 0.4) is 0 Å². The zero-order chi connectivity index (χ0) is 19.9. The Hall–Kier alpha value is -2.49. The third kappa shape index (κ3) is 5.06. The van der Waals surface area contributed by atoms with Crippen LogP contribution in [0.1, 0.15) is 42.9 Å². The number of hydrogen-bond donors (Lipinski definition) is 0. The third-order valence-electron chi connectivity index (χ3n) is 5.51. The zero-order valence-corrected chi connectivity index (χ0v) is 17.4. The summed E-state index contributed by atoms with van der Waals surface area (Å²) in [5.41, 5.74) is 3.78. The highest BCUT2D eigenvalue weighted by Gasteiger charge is 2.35. The molecule has 2 amide bonds. The highest BCUT2D eigenvalue weighted by atomic mass is 16.5. The van der Waals surface area contributed by atoms with Crippen molar-refractivity contribution in [3.8, 4) is 5.75 Å². The van der Waals surface area contributed by atoms with Gasteiger partial charge in [0.2, 0.25) is 0 Å². The van der Waals surface area contributed by atoms with E-state index in [1.165, 1.54) is 16.7 Å². The summed E-state index contributed by atoms with van der Waals surface area (Å²) in [6.07, 6.45) is 4.16. The van der Waals surface area contributed by atoms with Crippen LogP contribution < -0.4 is 4.74 Å². The number of benzene rings is 2. The monoisotopic (exact) mass is 380 g/mol. The van der Waals surface area contributed by atoms with Crippen LogP contribution in [-0.4, -0.2) is 42.1 Å². The maximum absolute atomic E-state index is 12.9. The number of rotatable bonds is 9. The largest absolute Gasteiger partial charge is 0.497 e. The van der Waals surface area contributed by atoms with Gasteiger partial charge in [0.15, 0.2) is 0 Å². The third-order valence-corrected chi connectivity index (χ3v) is 5.51. The Morgan fingerprint density at radius 1 is 1.04 bits per heavy atom. The molecule has 1 aliphatic heterocycles. The summed E-state index contributed by atoms with van der Waals surface area (Å²) in [5, 5.41) is 0. The van der Waals surface area contributed by atoms with Crippen molar-refractivity contribution < 1.29 is 9.53 Å². The van der Waals surface area contributed by atoms with Crippen molar-refractivity contribution >= 4 is 6.03 Å². The zero-order valence-electron chi connectivity index (χ0n) is 17.4. The molecule has 0 bridgehead atoms. The van der Waals surface area contributed by atoms with Crippen molar-refractivity contribution in [1.82, 2.24) is 9.80 Å². The van der Waals surface area contributed by atoms with E-state index in [1.807, 2.05) is 17.0 Å². The summed E-state index contributed by atoms with van der Waals surface area (Å²) in [4.78, 5) is 17.0. The maximum Gasteiger partial charge on any atom is 0.320 e. The molecular weight excluding hydrogens is 348 g/mol. The summed E-state index contributed by atoms with van der Waals surface area (Å²) < 4.78 is 5.23. The van der Waals surface area contributed by atoms with Crippen molar-refractivity contribution in [3.63, 3.8) is 0 Å². The second kappa shape index (κ2) is 9.63. The van der Waals surface area contributed by atoms with E-state index in [-0.39, 0.29) is 6.03 Å². The van der Waals surface area contributed by atoms with Crippen LogP contribution in [0.5, 0.6) is 5.75 Å². The molecule has 4 nitrogen and oxygen atoms in total. The highest BCUT2D eigenvalue weighted by molar-refractivity contribution is 5.77. The first kappa shape index (κ1) is 20.2. The van der Waals surface area contributed by atoms with E-state index in [4.69, 9.17) is 4.74 Å². The van der Waals surface area contributed by atoms with Crippen molar-refractivity contribution in [2.75, 3.05) is 20.2 Å². The van der Waals surface area contributed by atoms with E-state index in [0.717, 1.165) is 44.5 Å². The quantitative estimate of drug-likeness (QED) is 0.610. The fourth-order valence-electron chi connectivity index (χ4n) is 3.92. The van der Waals surface area contributed by atoms with Crippen molar-refractivity contribution in [3.05, 3.63) is 65.2 Å². The fraction of sp³-hybridized carbons (Fsp3) is 0.458. The van der Waals surface area contributed by atoms with Gasteiger partial charge in [-0.1, -0.05) is 48.9 Å². The van der Waals surface area contributed by atoms with E-state index >= 15 is 0 Å². The lowest BCUT2D eigenvalue weighted by atomic mass is 10.0. The molecule has 1 atom stereocenters. The standard InChI is InChI=1S/C24H32N2O2/c1-4-16-26-22(7-5-6-20-12-14-23(28-3)15-13-20)18-25(24(26)27)17-21-10-8-19(2)9-11-21/h8-15,22H,4-7,16-18H2,1-3H3. The molecule has 2 aromatic carbocycles. The molecule has 28 heavy (non-hydrogen) atoms. The van der Waals surface area contributed by atoms with Gasteiger partial charge in [-0.05, 0) is 55.9 Å². The average molecular weight is 381 g/mol. The number of carbonyl (C=O) groups excluding carboxylic acids is 1. The van der Waals surface area contributed by atoms with Gasteiger partial charge in [-0.15, -0.1) is 0 Å². The normalized spacial score (nSPS) is 16.7. The molecule has 3 rings (SSSR count). The lowest BCUT2D eigenvalue weighted by Gasteiger charge is -2.22. The number of nitrogens with zero attached hydrogens (tertiary/aromatic N) is 2. The van der Waals surface area contributed by atoms with Gasteiger partial charge in [-0.2, -0.15) is 0 Å². The molecule has 0 radical (unpaired) electrons. The van der Waals surface area contributed by atoms with E-state index in [2.05, 4.69) is 55.1 Å². The number of ether oxygens (including phenoxy) is 1. The Morgan fingerprint density at radius 3 is 2.36 bits per heavy atom. The van der Waals surface area contributed by atoms with Gasteiger partial charge in [-0.25, -0.2) is 4.79 Å². The van der Waals surface area contributed by atoms with Crippen LogP contribution in [0.2, 0.25) is 0 Å². The first-order valence-electron chi connectivity index (χ1n) is 10.3. The van der Waals surface area contributed by atoms with Crippen molar-refractivity contribution in [1.29, 1.82) is 0 Å². The average Bonchev–Trinajstić information content (AvgIpc) is 3.00. The van der Waals surface area contributed by atoms with Gasteiger partial charge in [0.1, 0.15) is 5.75 Å². The molecule has 0 aromatic heterocycles. The highest BCUT2D eigenvalue weighted by Crippen LogP contribution is 2.23. The van der Waals surface area contributed by atoms with Crippen LogP contribution in [0, 0.1) is 6.92 Å². The summed E-state index contributed by atoms with van der Waals surface area (Å²) in [6.45, 7) is 6.61. The molecule has 4 heteroatoms. The minimum absolute atomic E-state index is 0.192. The van der Waals surface area contributed by atoms with E-state index in [9.17, 15) is 4.79 Å². The minimum Gasteiger partial charge on any atom is -0.497 e.